The van der Waals surface area contributed by atoms with Crippen LogP contribution in [0.1, 0.15) is 30.1 Å². The van der Waals surface area contributed by atoms with Crippen LogP contribution in [0.4, 0.5) is 5.69 Å². The molecule has 1 aliphatic heterocycles. The maximum atomic E-state index is 12.2. The molecular weight excluding hydrogens is 278 g/mol. The lowest BCUT2D eigenvalue weighted by Gasteiger charge is -2.32. The average Bonchev–Trinajstić information content (AvgIpc) is 2.42. The summed E-state index contributed by atoms with van der Waals surface area (Å²) >= 11 is 1.43. The Labute approximate surface area is 121 Å². The van der Waals surface area contributed by atoms with Crippen molar-refractivity contribution in [1.82, 2.24) is 0 Å². The van der Waals surface area contributed by atoms with Crippen LogP contribution in [0.2, 0.25) is 0 Å². The van der Waals surface area contributed by atoms with Gasteiger partial charge in [0.2, 0.25) is 5.91 Å². The summed E-state index contributed by atoms with van der Waals surface area (Å²) in [5, 5.41) is 8.45. The molecule has 0 aromatic heterocycles. The van der Waals surface area contributed by atoms with Crippen molar-refractivity contribution in [1.29, 1.82) is 0 Å². The first-order valence-corrected chi connectivity index (χ1v) is 7.20. The van der Waals surface area contributed by atoms with E-state index >= 15 is 0 Å². The third kappa shape index (κ3) is 3.01. The fraction of sp³-hybridized carbons (Fsp3) is 0.357. The number of nitrogens with zero attached hydrogens (tertiary/aromatic N) is 1. The van der Waals surface area contributed by atoms with Crippen molar-refractivity contribution in [3.05, 3.63) is 23.8 Å². The molecule has 20 heavy (non-hydrogen) atoms. The predicted molar refractivity (Wildman–Crippen MR) is 76.4 cm³/mol. The van der Waals surface area contributed by atoms with Gasteiger partial charge < -0.3 is 10.0 Å². The van der Waals surface area contributed by atoms with E-state index in [1.165, 1.54) is 11.8 Å². The highest BCUT2D eigenvalue weighted by atomic mass is 32.2. The highest BCUT2D eigenvalue weighted by molar-refractivity contribution is 8.01. The zero-order valence-corrected chi connectivity index (χ0v) is 11.9. The quantitative estimate of drug-likeness (QED) is 0.842. The number of carboxylic acids is 1. The van der Waals surface area contributed by atoms with Gasteiger partial charge in [0.05, 0.1) is 10.9 Å². The fourth-order valence-electron chi connectivity index (χ4n) is 2.12. The van der Waals surface area contributed by atoms with Crippen molar-refractivity contribution in [3.63, 3.8) is 0 Å². The molecule has 1 aromatic rings. The van der Waals surface area contributed by atoms with Gasteiger partial charge in [-0.3, -0.25) is 14.4 Å². The second-order valence-electron chi connectivity index (χ2n) is 4.59. The van der Waals surface area contributed by atoms with E-state index in [0.29, 0.717) is 18.5 Å². The van der Waals surface area contributed by atoms with Crippen LogP contribution in [-0.2, 0) is 9.59 Å². The number of aldehydes is 1. The van der Waals surface area contributed by atoms with Crippen molar-refractivity contribution >= 4 is 35.6 Å². The standard InChI is InChI=1S/C14H15NO4S/c1-9-14(19)15(6-2-3-13(17)18)11-5-4-10(8-16)7-12(11)20-9/h4-5,7-9H,2-3,6H2,1H3,(H,17,18). The molecule has 1 N–H and O–H groups in total. The highest BCUT2D eigenvalue weighted by Crippen LogP contribution is 2.39. The van der Waals surface area contributed by atoms with Gasteiger partial charge in [0.15, 0.2) is 0 Å². The monoisotopic (exact) mass is 293 g/mol. The van der Waals surface area contributed by atoms with Gasteiger partial charge in [0, 0.05) is 23.4 Å². The topological polar surface area (TPSA) is 74.7 Å². The Kier molecular flexibility index (Phi) is 4.44. The fourth-order valence-corrected chi connectivity index (χ4v) is 3.23. The number of benzene rings is 1. The minimum absolute atomic E-state index is 0.0215. The van der Waals surface area contributed by atoms with Gasteiger partial charge >= 0.3 is 5.97 Å². The second-order valence-corrected chi connectivity index (χ2v) is 5.97. The molecule has 0 fully saturated rings. The zero-order chi connectivity index (χ0) is 14.7. The number of anilines is 1. The number of carbonyl (C=O) groups excluding carboxylic acids is 2. The number of rotatable bonds is 5. The first kappa shape index (κ1) is 14.6. The Hall–Kier alpha value is -1.82. The molecule has 5 nitrogen and oxygen atoms in total. The van der Waals surface area contributed by atoms with Gasteiger partial charge in [0.1, 0.15) is 6.29 Å². The van der Waals surface area contributed by atoms with Crippen molar-refractivity contribution in [3.8, 4) is 0 Å². The number of fused-ring (bicyclic) bond motifs is 1. The number of thioether (sulfide) groups is 1. The molecule has 0 bridgehead atoms. The highest BCUT2D eigenvalue weighted by Gasteiger charge is 2.30. The van der Waals surface area contributed by atoms with Crippen molar-refractivity contribution < 1.29 is 19.5 Å². The summed E-state index contributed by atoms with van der Waals surface area (Å²) in [6.45, 7) is 2.19. The number of carboxylic acid groups (broad SMARTS) is 1. The maximum Gasteiger partial charge on any atom is 0.303 e. The average molecular weight is 293 g/mol. The third-order valence-electron chi connectivity index (χ3n) is 3.10. The van der Waals surface area contributed by atoms with Crippen LogP contribution < -0.4 is 4.90 Å². The van der Waals surface area contributed by atoms with Crippen LogP contribution in [0.15, 0.2) is 23.1 Å². The maximum absolute atomic E-state index is 12.2. The number of hydrogen-bond acceptors (Lipinski definition) is 4. The van der Waals surface area contributed by atoms with E-state index in [0.717, 1.165) is 16.9 Å². The van der Waals surface area contributed by atoms with Crippen molar-refractivity contribution in [2.75, 3.05) is 11.4 Å². The summed E-state index contributed by atoms with van der Waals surface area (Å²) < 4.78 is 0. The summed E-state index contributed by atoms with van der Waals surface area (Å²) in [4.78, 5) is 36.1. The lowest BCUT2D eigenvalue weighted by Crippen LogP contribution is -2.40. The van der Waals surface area contributed by atoms with E-state index in [-0.39, 0.29) is 17.6 Å². The molecule has 0 spiro atoms. The van der Waals surface area contributed by atoms with Crippen molar-refractivity contribution in [2.24, 2.45) is 0 Å². The summed E-state index contributed by atoms with van der Waals surface area (Å²) in [6, 6.07) is 5.18. The van der Waals surface area contributed by atoms with E-state index in [2.05, 4.69) is 0 Å². The molecule has 2 rings (SSSR count). The SMILES string of the molecule is CC1Sc2cc(C=O)ccc2N(CCCC(=O)O)C1=O. The predicted octanol–water partition coefficient (Wildman–Crippen LogP) is 2.19. The molecule has 0 radical (unpaired) electrons. The Morgan fingerprint density at radius 2 is 2.25 bits per heavy atom. The molecule has 1 amide bonds. The second kappa shape index (κ2) is 6.09. The Balaban J connectivity index is 2.24. The number of hydrogen-bond donors (Lipinski definition) is 1. The van der Waals surface area contributed by atoms with Gasteiger partial charge in [-0.15, -0.1) is 11.8 Å². The summed E-state index contributed by atoms with van der Waals surface area (Å²) in [5.74, 6) is -0.889. The molecule has 1 unspecified atom stereocenters. The smallest absolute Gasteiger partial charge is 0.303 e. The first-order valence-electron chi connectivity index (χ1n) is 6.32. The van der Waals surface area contributed by atoms with E-state index in [4.69, 9.17) is 5.11 Å². The van der Waals surface area contributed by atoms with E-state index < -0.39 is 5.97 Å². The largest absolute Gasteiger partial charge is 0.481 e. The van der Waals surface area contributed by atoms with Crippen LogP contribution in [0.5, 0.6) is 0 Å². The van der Waals surface area contributed by atoms with Gasteiger partial charge in [0.25, 0.3) is 0 Å². The molecule has 1 aliphatic rings. The Bertz CT molecular complexity index is 558. The molecule has 1 atom stereocenters. The lowest BCUT2D eigenvalue weighted by atomic mass is 10.1. The Morgan fingerprint density at radius 3 is 2.90 bits per heavy atom. The molecule has 106 valence electrons. The minimum atomic E-state index is -0.867. The van der Waals surface area contributed by atoms with Crippen LogP contribution >= 0.6 is 11.8 Å². The number of amides is 1. The first-order chi connectivity index (χ1) is 9.52. The summed E-state index contributed by atoms with van der Waals surface area (Å²) in [5.41, 5.74) is 1.33. The third-order valence-corrected chi connectivity index (χ3v) is 4.24. The van der Waals surface area contributed by atoms with Crippen LogP contribution in [0.3, 0.4) is 0 Å². The van der Waals surface area contributed by atoms with E-state index in [9.17, 15) is 14.4 Å². The van der Waals surface area contributed by atoms with Gasteiger partial charge in [-0.05, 0) is 31.5 Å². The van der Waals surface area contributed by atoms with Crippen molar-refractivity contribution in [2.45, 2.75) is 29.9 Å². The lowest BCUT2D eigenvalue weighted by molar-refractivity contribution is -0.137. The minimum Gasteiger partial charge on any atom is -0.481 e. The number of aliphatic carboxylic acids is 1. The molecular formula is C14H15NO4S. The van der Waals surface area contributed by atoms with Crippen LogP contribution in [-0.4, -0.2) is 35.1 Å². The molecule has 1 heterocycles. The van der Waals surface area contributed by atoms with E-state index in [1.807, 2.05) is 6.92 Å². The summed E-state index contributed by atoms with van der Waals surface area (Å²) in [6.07, 6.45) is 1.22. The van der Waals surface area contributed by atoms with Crippen LogP contribution in [0.25, 0.3) is 0 Å². The molecule has 0 aliphatic carbocycles. The molecule has 0 saturated carbocycles. The van der Waals surface area contributed by atoms with Crippen LogP contribution in [0, 0.1) is 0 Å². The van der Waals surface area contributed by atoms with Gasteiger partial charge in [-0.2, -0.15) is 0 Å². The van der Waals surface area contributed by atoms with Gasteiger partial charge in [-0.25, -0.2) is 0 Å². The Morgan fingerprint density at radius 1 is 1.50 bits per heavy atom. The van der Waals surface area contributed by atoms with Gasteiger partial charge in [-0.1, -0.05) is 0 Å². The number of carbonyl (C=O) groups is 3. The molecule has 6 heteroatoms. The summed E-state index contributed by atoms with van der Waals surface area (Å²) in [7, 11) is 0. The molecule has 0 saturated heterocycles. The normalized spacial score (nSPS) is 17.8. The molecule has 1 aromatic carbocycles. The van der Waals surface area contributed by atoms with E-state index in [1.54, 1.807) is 23.1 Å². The zero-order valence-electron chi connectivity index (χ0n) is 11.0.